The molecule has 1 aromatic heterocycles. The van der Waals surface area contributed by atoms with Gasteiger partial charge in [0.2, 0.25) is 0 Å². The Morgan fingerprint density at radius 2 is 1.73 bits per heavy atom. The highest BCUT2D eigenvalue weighted by molar-refractivity contribution is 6.12. The number of esters is 1. The van der Waals surface area contributed by atoms with Crippen LogP contribution in [0.3, 0.4) is 0 Å². The summed E-state index contributed by atoms with van der Waals surface area (Å²) in [5.41, 5.74) is 4.00. The second-order valence-electron chi connectivity index (χ2n) is 7.73. The molecule has 4 aromatic rings. The summed E-state index contributed by atoms with van der Waals surface area (Å²) < 4.78 is 17.2. The zero-order valence-electron chi connectivity index (χ0n) is 19.0. The predicted octanol–water partition coefficient (Wildman–Crippen LogP) is 6.76. The summed E-state index contributed by atoms with van der Waals surface area (Å²) in [5.74, 6) is 0.827. The number of ketones is 1. The molecule has 0 aliphatic carbocycles. The van der Waals surface area contributed by atoms with Crippen molar-refractivity contribution in [2.45, 2.75) is 33.8 Å². The number of ether oxygens (including phenoxy) is 2. The van der Waals surface area contributed by atoms with Crippen LogP contribution in [0.25, 0.3) is 22.1 Å². The van der Waals surface area contributed by atoms with Gasteiger partial charge in [0, 0.05) is 17.4 Å². The number of benzene rings is 3. The van der Waals surface area contributed by atoms with Crippen molar-refractivity contribution < 1.29 is 23.5 Å². The van der Waals surface area contributed by atoms with Crippen LogP contribution in [0, 0.1) is 6.92 Å². The number of carbonyl (C=O) groups is 2. The van der Waals surface area contributed by atoms with Crippen LogP contribution in [-0.4, -0.2) is 18.4 Å². The normalized spacial score (nSPS) is 10.9. The number of hydrogen-bond acceptors (Lipinski definition) is 5. The van der Waals surface area contributed by atoms with Crippen molar-refractivity contribution in [2.24, 2.45) is 0 Å². The summed E-state index contributed by atoms with van der Waals surface area (Å²) in [5, 5.41) is 0.704. The van der Waals surface area contributed by atoms with Crippen molar-refractivity contribution in [2.75, 3.05) is 6.61 Å². The molecule has 0 saturated heterocycles. The third-order valence-electron chi connectivity index (χ3n) is 5.47. The Balaban J connectivity index is 1.79. The van der Waals surface area contributed by atoms with Gasteiger partial charge in [-0.1, -0.05) is 49.4 Å². The van der Waals surface area contributed by atoms with Crippen molar-refractivity contribution in [1.82, 2.24) is 0 Å². The average molecular weight is 443 g/mol. The van der Waals surface area contributed by atoms with Gasteiger partial charge in [-0.15, -0.1) is 0 Å². The first-order chi connectivity index (χ1) is 16.0. The molecule has 0 fully saturated rings. The lowest BCUT2D eigenvalue weighted by atomic mass is 9.96. The fraction of sp³-hybridized carbons (Fsp3) is 0.214. The van der Waals surface area contributed by atoms with Gasteiger partial charge in [0.05, 0.1) is 17.7 Å². The summed E-state index contributed by atoms with van der Waals surface area (Å²) in [7, 11) is 0. The van der Waals surface area contributed by atoms with E-state index in [1.165, 1.54) is 0 Å². The average Bonchev–Trinajstić information content (AvgIpc) is 3.18. The van der Waals surface area contributed by atoms with E-state index in [9.17, 15) is 9.59 Å². The molecule has 0 saturated carbocycles. The van der Waals surface area contributed by atoms with Gasteiger partial charge in [-0.3, -0.25) is 4.79 Å². The Kier molecular flexibility index (Phi) is 6.59. The zero-order valence-corrected chi connectivity index (χ0v) is 19.0. The molecule has 0 amide bonds. The number of furan rings is 1. The van der Waals surface area contributed by atoms with E-state index < -0.39 is 5.97 Å². The van der Waals surface area contributed by atoms with E-state index in [-0.39, 0.29) is 12.4 Å². The molecule has 33 heavy (non-hydrogen) atoms. The van der Waals surface area contributed by atoms with Gasteiger partial charge in [-0.2, -0.15) is 0 Å². The van der Waals surface area contributed by atoms with Gasteiger partial charge < -0.3 is 13.9 Å². The summed E-state index contributed by atoms with van der Waals surface area (Å²) >= 11 is 0. The first kappa shape index (κ1) is 22.3. The van der Waals surface area contributed by atoms with Crippen molar-refractivity contribution in [3.63, 3.8) is 0 Å². The molecule has 4 rings (SSSR count). The van der Waals surface area contributed by atoms with Gasteiger partial charge in [0.15, 0.2) is 5.78 Å². The molecule has 0 spiro atoms. The standard InChI is InChI=1S/C28H26O5/c1-4-25(29)23-15-21(28(30)31-5-2)16-24-26(18(3)33-27(23)24)20-12-9-13-22(14-20)32-17-19-10-7-6-8-11-19/h6-16H,4-5,17H2,1-3H3. The second kappa shape index (κ2) is 9.74. The maximum absolute atomic E-state index is 12.7. The van der Waals surface area contributed by atoms with Crippen LogP contribution in [0.1, 0.15) is 52.3 Å². The maximum Gasteiger partial charge on any atom is 0.338 e. The monoisotopic (exact) mass is 442 g/mol. The third-order valence-corrected chi connectivity index (χ3v) is 5.47. The fourth-order valence-corrected chi connectivity index (χ4v) is 3.89. The fourth-order valence-electron chi connectivity index (χ4n) is 3.89. The molecule has 0 aliphatic rings. The molecule has 3 aromatic carbocycles. The van der Waals surface area contributed by atoms with Crippen molar-refractivity contribution in [3.8, 4) is 16.9 Å². The minimum atomic E-state index is -0.464. The second-order valence-corrected chi connectivity index (χ2v) is 7.73. The lowest BCUT2D eigenvalue weighted by Gasteiger charge is -2.09. The Labute approximate surface area is 192 Å². The summed E-state index contributed by atoms with van der Waals surface area (Å²) in [4.78, 5) is 25.2. The van der Waals surface area contributed by atoms with E-state index in [1.54, 1.807) is 26.0 Å². The third kappa shape index (κ3) is 4.67. The van der Waals surface area contributed by atoms with Crippen LogP contribution in [0.4, 0.5) is 0 Å². The highest BCUT2D eigenvalue weighted by Crippen LogP contribution is 2.38. The Hall–Kier alpha value is -3.86. The molecule has 0 N–H and O–H groups in total. The number of fused-ring (bicyclic) bond motifs is 1. The van der Waals surface area contributed by atoms with Gasteiger partial charge in [-0.05, 0) is 49.2 Å². The maximum atomic E-state index is 12.7. The molecule has 0 bridgehead atoms. The minimum Gasteiger partial charge on any atom is -0.489 e. The molecular weight excluding hydrogens is 416 g/mol. The topological polar surface area (TPSA) is 65.7 Å². The van der Waals surface area contributed by atoms with E-state index >= 15 is 0 Å². The Bertz CT molecular complexity index is 1300. The van der Waals surface area contributed by atoms with E-state index in [2.05, 4.69) is 0 Å². The van der Waals surface area contributed by atoms with Crippen LogP contribution in [0.5, 0.6) is 5.75 Å². The molecule has 0 aliphatic heterocycles. The highest BCUT2D eigenvalue weighted by atomic mass is 16.5. The predicted molar refractivity (Wildman–Crippen MR) is 128 cm³/mol. The first-order valence-electron chi connectivity index (χ1n) is 11.1. The van der Waals surface area contributed by atoms with Crippen LogP contribution in [0.15, 0.2) is 71.1 Å². The number of carbonyl (C=O) groups excluding carboxylic acids is 2. The van der Waals surface area contributed by atoms with Gasteiger partial charge >= 0.3 is 5.97 Å². The molecule has 0 radical (unpaired) electrons. The zero-order chi connectivity index (χ0) is 23.4. The molecular formula is C28H26O5. The summed E-state index contributed by atoms with van der Waals surface area (Å²) in [6, 6.07) is 21.0. The largest absolute Gasteiger partial charge is 0.489 e. The molecule has 0 unspecified atom stereocenters. The van der Waals surface area contributed by atoms with Gasteiger partial charge in [0.1, 0.15) is 23.7 Å². The lowest BCUT2D eigenvalue weighted by molar-refractivity contribution is 0.0526. The van der Waals surface area contributed by atoms with Gasteiger partial charge in [-0.25, -0.2) is 4.79 Å². The molecule has 168 valence electrons. The smallest absolute Gasteiger partial charge is 0.338 e. The SMILES string of the molecule is CCOC(=O)c1cc(C(=O)CC)c2oc(C)c(-c3cccc(OCc4ccccc4)c3)c2c1. The highest BCUT2D eigenvalue weighted by Gasteiger charge is 2.22. The van der Waals surface area contributed by atoms with Crippen LogP contribution in [-0.2, 0) is 11.3 Å². The Morgan fingerprint density at radius 3 is 2.45 bits per heavy atom. The number of aryl methyl sites for hydroxylation is 1. The van der Waals surface area contributed by atoms with E-state index in [0.717, 1.165) is 22.4 Å². The van der Waals surface area contributed by atoms with E-state index in [1.807, 2.05) is 61.5 Å². The molecule has 5 nitrogen and oxygen atoms in total. The number of rotatable bonds is 8. The molecule has 1 heterocycles. The number of Topliss-reactive ketones (excluding diaryl/α,β-unsaturated/α-hetero) is 1. The van der Waals surface area contributed by atoms with Crippen LogP contribution in [0.2, 0.25) is 0 Å². The summed E-state index contributed by atoms with van der Waals surface area (Å²) in [6.07, 6.45) is 0.305. The van der Waals surface area contributed by atoms with E-state index in [4.69, 9.17) is 13.9 Å². The molecule has 0 atom stereocenters. The van der Waals surface area contributed by atoms with Crippen molar-refractivity contribution >= 4 is 22.7 Å². The first-order valence-corrected chi connectivity index (χ1v) is 11.1. The lowest BCUT2D eigenvalue weighted by Crippen LogP contribution is -2.07. The van der Waals surface area contributed by atoms with Crippen molar-refractivity contribution in [1.29, 1.82) is 0 Å². The number of hydrogen-bond donors (Lipinski definition) is 0. The quantitative estimate of drug-likeness (QED) is 0.223. The van der Waals surface area contributed by atoms with Gasteiger partial charge in [0.25, 0.3) is 0 Å². The van der Waals surface area contributed by atoms with Crippen molar-refractivity contribution in [3.05, 3.63) is 89.2 Å². The van der Waals surface area contributed by atoms with E-state index in [0.29, 0.717) is 40.9 Å². The van der Waals surface area contributed by atoms with Crippen LogP contribution >= 0.6 is 0 Å². The Morgan fingerprint density at radius 1 is 0.939 bits per heavy atom. The molecule has 5 heteroatoms. The van der Waals surface area contributed by atoms with Crippen LogP contribution < -0.4 is 4.74 Å². The summed E-state index contributed by atoms with van der Waals surface area (Å²) in [6.45, 7) is 6.11. The minimum absolute atomic E-state index is 0.0913.